The number of benzene rings is 1. The van der Waals surface area contributed by atoms with Crippen LogP contribution in [0.25, 0.3) is 0 Å². The van der Waals surface area contributed by atoms with Gasteiger partial charge in [0.1, 0.15) is 11.6 Å². The Morgan fingerprint density at radius 3 is 2.93 bits per heavy atom. The van der Waals surface area contributed by atoms with Crippen molar-refractivity contribution < 1.29 is 9.50 Å². The fourth-order valence-electron chi connectivity index (χ4n) is 2.00. The standard InChI is InChI=1S/C11H13BrFNO/c12-9-4-8(11(15)5-10(9)13)7-2-1-3-14-6-7/h4-5,7,14-15H,1-3,6H2. The third-order valence-electron chi connectivity index (χ3n) is 2.81. The van der Waals surface area contributed by atoms with Crippen molar-refractivity contribution in [2.75, 3.05) is 13.1 Å². The second kappa shape index (κ2) is 4.49. The Kier molecular flexibility index (Phi) is 3.26. The third-order valence-corrected chi connectivity index (χ3v) is 3.41. The first-order valence-electron chi connectivity index (χ1n) is 5.07. The number of hydrogen-bond donors (Lipinski definition) is 2. The highest BCUT2D eigenvalue weighted by atomic mass is 79.9. The average Bonchev–Trinajstić information content (AvgIpc) is 2.25. The van der Waals surface area contributed by atoms with Crippen LogP contribution in [-0.2, 0) is 0 Å². The molecule has 1 atom stereocenters. The summed E-state index contributed by atoms with van der Waals surface area (Å²) < 4.78 is 13.5. The number of phenols is 1. The van der Waals surface area contributed by atoms with E-state index in [1.807, 2.05) is 0 Å². The molecule has 0 aliphatic carbocycles. The largest absolute Gasteiger partial charge is 0.508 e. The Morgan fingerprint density at radius 2 is 2.27 bits per heavy atom. The summed E-state index contributed by atoms with van der Waals surface area (Å²) in [7, 11) is 0. The van der Waals surface area contributed by atoms with Crippen LogP contribution >= 0.6 is 15.9 Å². The van der Waals surface area contributed by atoms with Gasteiger partial charge in [0.05, 0.1) is 4.47 Å². The van der Waals surface area contributed by atoms with E-state index >= 15 is 0 Å². The molecule has 1 aliphatic heterocycles. The van der Waals surface area contributed by atoms with Gasteiger partial charge in [-0.1, -0.05) is 0 Å². The second-order valence-corrected chi connectivity index (χ2v) is 4.72. The van der Waals surface area contributed by atoms with Crippen LogP contribution in [0.4, 0.5) is 4.39 Å². The number of hydrogen-bond acceptors (Lipinski definition) is 2. The number of aromatic hydroxyl groups is 1. The molecule has 1 heterocycles. The highest BCUT2D eigenvalue weighted by Crippen LogP contribution is 2.33. The number of rotatable bonds is 1. The molecule has 2 N–H and O–H groups in total. The summed E-state index contributed by atoms with van der Waals surface area (Å²) in [6.07, 6.45) is 2.14. The van der Waals surface area contributed by atoms with Gasteiger partial charge in [-0.15, -0.1) is 0 Å². The normalized spacial score (nSPS) is 21.6. The van der Waals surface area contributed by atoms with Crippen LogP contribution in [0.3, 0.4) is 0 Å². The van der Waals surface area contributed by atoms with Crippen molar-refractivity contribution in [1.82, 2.24) is 5.32 Å². The first kappa shape index (κ1) is 10.9. The molecule has 82 valence electrons. The Labute approximate surface area is 96.6 Å². The van der Waals surface area contributed by atoms with Gasteiger partial charge in [-0.2, -0.15) is 0 Å². The summed E-state index contributed by atoms with van der Waals surface area (Å²) in [5, 5.41) is 13.0. The van der Waals surface area contributed by atoms with Gasteiger partial charge in [-0.3, -0.25) is 0 Å². The molecule has 0 saturated carbocycles. The van der Waals surface area contributed by atoms with E-state index in [1.54, 1.807) is 6.07 Å². The molecular formula is C11H13BrFNO. The molecular weight excluding hydrogens is 261 g/mol. The lowest BCUT2D eigenvalue weighted by Gasteiger charge is -2.24. The Balaban J connectivity index is 2.30. The molecule has 1 aliphatic rings. The van der Waals surface area contributed by atoms with Crippen LogP contribution < -0.4 is 5.32 Å². The van der Waals surface area contributed by atoms with Crippen LogP contribution in [0, 0.1) is 5.82 Å². The first-order valence-corrected chi connectivity index (χ1v) is 5.86. The molecule has 15 heavy (non-hydrogen) atoms. The lowest BCUT2D eigenvalue weighted by Crippen LogP contribution is -2.28. The minimum absolute atomic E-state index is 0.0596. The van der Waals surface area contributed by atoms with E-state index in [0.29, 0.717) is 4.47 Å². The van der Waals surface area contributed by atoms with E-state index in [4.69, 9.17) is 0 Å². The Hall–Kier alpha value is -0.610. The molecule has 4 heteroatoms. The molecule has 1 unspecified atom stereocenters. The van der Waals surface area contributed by atoms with Crippen molar-refractivity contribution in [2.45, 2.75) is 18.8 Å². The van der Waals surface area contributed by atoms with Crippen LogP contribution in [-0.4, -0.2) is 18.2 Å². The van der Waals surface area contributed by atoms with E-state index in [-0.39, 0.29) is 11.7 Å². The predicted molar refractivity (Wildman–Crippen MR) is 60.6 cm³/mol. The molecule has 1 aromatic rings. The van der Waals surface area contributed by atoms with Crippen LogP contribution in [0.15, 0.2) is 16.6 Å². The number of nitrogens with one attached hydrogen (secondary N) is 1. The lowest BCUT2D eigenvalue weighted by atomic mass is 9.91. The monoisotopic (exact) mass is 273 g/mol. The van der Waals surface area contributed by atoms with Gasteiger partial charge in [0.2, 0.25) is 0 Å². The van der Waals surface area contributed by atoms with Gasteiger partial charge < -0.3 is 10.4 Å². The zero-order valence-corrected chi connectivity index (χ0v) is 9.85. The van der Waals surface area contributed by atoms with Crippen molar-refractivity contribution in [1.29, 1.82) is 0 Å². The van der Waals surface area contributed by atoms with Crippen molar-refractivity contribution in [2.24, 2.45) is 0 Å². The van der Waals surface area contributed by atoms with Crippen LogP contribution in [0.5, 0.6) is 5.75 Å². The van der Waals surface area contributed by atoms with Crippen molar-refractivity contribution in [3.05, 3.63) is 28.0 Å². The maximum atomic E-state index is 13.1. The van der Waals surface area contributed by atoms with Crippen LogP contribution in [0.1, 0.15) is 24.3 Å². The van der Waals surface area contributed by atoms with E-state index in [1.165, 1.54) is 6.07 Å². The van der Waals surface area contributed by atoms with Gasteiger partial charge in [-0.25, -0.2) is 4.39 Å². The Bertz CT molecular complexity index is 364. The first-order chi connectivity index (χ1) is 7.18. The molecule has 0 amide bonds. The summed E-state index contributed by atoms with van der Waals surface area (Å²) in [5.41, 5.74) is 0.829. The fraction of sp³-hybridized carbons (Fsp3) is 0.455. The molecule has 1 saturated heterocycles. The molecule has 0 spiro atoms. The van der Waals surface area contributed by atoms with Gasteiger partial charge in [0.15, 0.2) is 0 Å². The summed E-state index contributed by atoms with van der Waals surface area (Å²) >= 11 is 3.14. The highest BCUT2D eigenvalue weighted by molar-refractivity contribution is 9.10. The van der Waals surface area contributed by atoms with E-state index in [9.17, 15) is 9.50 Å². The predicted octanol–water partition coefficient (Wildman–Crippen LogP) is 2.76. The molecule has 0 bridgehead atoms. The van der Waals surface area contributed by atoms with Crippen molar-refractivity contribution >= 4 is 15.9 Å². The maximum Gasteiger partial charge on any atom is 0.141 e. The highest BCUT2D eigenvalue weighted by Gasteiger charge is 2.19. The van der Waals surface area contributed by atoms with E-state index < -0.39 is 5.82 Å². The number of piperidine rings is 1. The van der Waals surface area contributed by atoms with Gasteiger partial charge in [0, 0.05) is 18.5 Å². The van der Waals surface area contributed by atoms with Gasteiger partial charge in [0.25, 0.3) is 0 Å². The summed E-state index contributed by atoms with van der Waals surface area (Å²) in [5.74, 6) is -0.0694. The van der Waals surface area contributed by atoms with Crippen molar-refractivity contribution in [3.8, 4) is 5.75 Å². The van der Waals surface area contributed by atoms with E-state index in [2.05, 4.69) is 21.2 Å². The fourth-order valence-corrected chi connectivity index (χ4v) is 2.36. The summed E-state index contributed by atoms with van der Waals surface area (Å²) in [4.78, 5) is 0. The zero-order chi connectivity index (χ0) is 10.8. The maximum absolute atomic E-state index is 13.1. The SMILES string of the molecule is Oc1cc(F)c(Br)cc1C1CCCNC1. The molecule has 2 nitrogen and oxygen atoms in total. The average molecular weight is 274 g/mol. The Morgan fingerprint density at radius 1 is 1.47 bits per heavy atom. The number of halogens is 2. The minimum atomic E-state index is -0.417. The smallest absolute Gasteiger partial charge is 0.141 e. The molecule has 2 rings (SSSR count). The molecule has 1 aromatic carbocycles. The van der Waals surface area contributed by atoms with Crippen LogP contribution in [0.2, 0.25) is 0 Å². The molecule has 1 fully saturated rings. The molecule has 0 radical (unpaired) electrons. The van der Waals surface area contributed by atoms with E-state index in [0.717, 1.165) is 31.5 Å². The summed E-state index contributed by atoms with van der Waals surface area (Å²) in [6, 6.07) is 2.86. The zero-order valence-electron chi connectivity index (χ0n) is 8.26. The molecule has 0 aromatic heterocycles. The van der Waals surface area contributed by atoms with Gasteiger partial charge in [-0.05, 0) is 46.9 Å². The minimum Gasteiger partial charge on any atom is -0.508 e. The van der Waals surface area contributed by atoms with Crippen molar-refractivity contribution in [3.63, 3.8) is 0 Å². The van der Waals surface area contributed by atoms with Gasteiger partial charge >= 0.3 is 0 Å². The summed E-state index contributed by atoms with van der Waals surface area (Å²) in [6.45, 7) is 1.88. The third kappa shape index (κ3) is 2.32. The topological polar surface area (TPSA) is 32.3 Å². The number of phenolic OH excluding ortho intramolecular Hbond substituents is 1. The quantitative estimate of drug-likeness (QED) is 0.825. The second-order valence-electron chi connectivity index (χ2n) is 3.87. The lowest BCUT2D eigenvalue weighted by molar-refractivity contribution is 0.422.